The average molecular weight is 280 g/mol. The van der Waals surface area contributed by atoms with E-state index < -0.39 is 17.8 Å². The molecule has 5 heteroatoms. The standard InChI is InChI=1S/C15H15F3N2/c1-9-5-11(8-20-7-9)14(19)13-4-3-12(6-10(13)2)15(16,17)18/h3-8,14H,19H2,1-2H3. The highest BCUT2D eigenvalue weighted by Crippen LogP contribution is 2.32. The molecule has 1 unspecified atom stereocenters. The first-order valence-corrected chi connectivity index (χ1v) is 6.14. The normalized spacial score (nSPS) is 13.3. The minimum atomic E-state index is -4.34. The van der Waals surface area contributed by atoms with Crippen LogP contribution in [0.3, 0.4) is 0 Å². The molecule has 0 aliphatic carbocycles. The quantitative estimate of drug-likeness (QED) is 0.909. The highest BCUT2D eigenvalue weighted by atomic mass is 19.4. The molecule has 2 nitrogen and oxygen atoms in total. The van der Waals surface area contributed by atoms with E-state index in [1.54, 1.807) is 19.3 Å². The van der Waals surface area contributed by atoms with Crippen molar-refractivity contribution >= 4 is 0 Å². The smallest absolute Gasteiger partial charge is 0.320 e. The van der Waals surface area contributed by atoms with Gasteiger partial charge in [0.15, 0.2) is 0 Å². The van der Waals surface area contributed by atoms with Crippen molar-refractivity contribution in [2.75, 3.05) is 0 Å². The maximum absolute atomic E-state index is 12.6. The van der Waals surface area contributed by atoms with E-state index in [1.807, 2.05) is 13.0 Å². The molecule has 1 atom stereocenters. The summed E-state index contributed by atoms with van der Waals surface area (Å²) in [6, 6.07) is 5.02. The maximum atomic E-state index is 12.6. The molecule has 106 valence electrons. The van der Waals surface area contributed by atoms with Crippen molar-refractivity contribution in [1.82, 2.24) is 4.98 Å². The van der Waals surface area contributed by atoms with Crippen LogP contribution in [0.15, 0.2) is 36.7 Å². The second-order valence-electron chi connectivity index (χ2n) is 4.84. The molecule has 0 saturated carbocycles. The number of nitrogens with two attached hydrogens (primary N) is 1. The van der Waals surface area contributed by atoms with Crippen molar-refractivity contribution in [2.24, 2.45) is 5.73 Å². The molecule has 0 amide bonds. The molecule has 1 aromatic heterocycles. The fourth-order valence-electron chi connectivity index (χ4n) is 2.13. The van der Waals surface area contributed by atoms with Gasteiger partial charge in [0, 0.05) is 12.4 Å². The number of nitrogens with zero attached hydrogens (tertiary/aromatic N) is 1. The summed E-state index contributed by atoms with van der Waals surface area (Å²) in [6.45, 7) is 3.52. The number of hydrogen-bond donors (Lipinski definition) is 1. The van der Waals surface area contributed by atoms with Gasteiger partial charge in [-0.1, -0.05) is 12.1 Å². The number of hydrogen-bond acceptors (Lipinski definition) is 2. The number of pyridine rings is 1. The Labute approximate surface area is 115 Å². The lowest BCUT2D eigenvalue weighted by molar-refractivity contribution is -0.137. The number of halogens is 3. The van der Waals surface area contributed by atoms with E-state index in [0.717, 1.165) is 23.3 Å². The third kappa shape index (κ3) is 2.99. The Morgan fingerprint density at radius 3 is 2.35 bits per heavy atom. The van der Waals surface area contributed by atoms with Crippen LogP contribution in [0, 0.1) is 13.8 Å². The molecule has 0 radical (unpaired) electrons. The predicted molar refractivity (Wildman–Crippen MR) is 71.2 cm³/mol. The van der Waals surface area contributed by atoms with Gasteiger partial charge in [-0.15, -0.1) is 0 Å². The van der Waals surface area contributed by atoms with Crippen LogP contribution in [0.1, 0.15) is 33.9 Å². The molecule has 1 heterocycles. The topological polar surface area (TPSA) is 38.9 Å². The Bertz CT molecular complexity index is 621. The molecule has 20 heavy (non-hydrogen) atoms. The van der Waals surface area contributed by atoms with Crippen LogP contribution in [-0.2, 0) is 6.18 Å². The number of aryl methyl sites for hydroxylation is 2. The Morgan fingerprint density at radius 1 is 1.10 bits per heavy atom. The summed E-state index contributed by atoms with van der Waals surface area (Å²) in [5.74, 6) is 0. The molecule has 0 aliphatic rings. The average Bonchev–Trinajstić information content (AvgIpc) is 2.36. The number of benzene rings is 1. The van der Waals surface area contributed by atoms with Gasteiger partial charge in [-0.05, 0) is 48.2 Å². The molecule has 0 fully saturated rings. The fourth-order valence-corrected chi connectivity index (χ4v) is 2.13. The van der Waals surface area contributed by atoms with Crippen LogP contribution in [0.4, 0.5) is 13.2 Å². The largest absolute Gasteiger partial charge is 0.416 e. The molecule has 0 aliphatic heterocycles. The van der Waals surface area contributed by atoms with Crippen molar-refractivity contribution in [1.29, 1.82) is 0 Å². The van der Waals surface area contributed by atoms with E-state index >= 15 is 0 Å². The fraction of sp³-hybridized carbons (Fsp3) is 0.267. The molecular formula is C15H15F3N2. The van der Waals surface area contributed by atoms with Crippen LogP contribution in [-0.4, -0.2) is 4.98 Å². The Balaban J connectivity index is 2.38. The summed E-state index contributed by atoms with van der Waals surface area (Å²) >= 11 is 0. The Kier molecular flexibility index (Phi) is 3.81. The zero-order chi connectivity index (χ0) is 14.9. The lowest BCUT2D eigenvalue weighted by atomic mass is 9.94. The Morgan fingerprint density at radius 2 is 1.80 bits per heavy atom. The van der Waals surface area contributed by atoms with Crippen LogP contribution < -0.4 is 5.73 Å². The molecule has 2 N–H and O–H groups in total. The minimum Gasteiger partial charge on any atom is -0.320 e. The lowest BCUT2D eigenvalue weighted by Gasteiger charge is -2.17. The van der Waals surface area contributed by atoms with Crippen molar-refractivity contribution in [3.05, 3.63) is 64.5 Å². The van der Waals surface area contributed by atoms with Crippen LogP contribution in [0.5, 0.6) is 0 Å². The first-order chi connectivity index (χ1) is 9.29. The van der Waals surface area contributed by atoms with Gasteiger partial charge in [-0.25, -0.2) is 0 Å². The van der Waals surface area contributed by atoms with Crippen molar-refractivity contribution in [3.8, 4) is 0 Å². The lowest BCUT2D eigenvalue weighted by Crippen LogP contribution is -2.15. The summed E-state index contributed by atoms with van der Waals surface area (Å²) in [5.41, 5.74) is 8.40. The van der Waals surface area contributed by atoms with E-state index in [0.29, 0.717) is 11.1 Å². The zero-order valence-electron chi connectivity index (χ0n) is 11.2. The molecule has 2 aromatic rings. The van der Waals surface area contributed by atoms with Gasteiger partial charge >= 0.3 is 6.18 Å². The molecule has 0 spiro atoms. The summed E-state index contributed by atoms with van der Waals surface area (Å²) < 4.78 is 37.9. The number of alkyl halides is 3. The second-order valence-corrected chi connectivity index (χ2v) is 4.84. The third-order valence-electron chi connectivity index (χ3n) is 3.19. The van der Waals surface area contributed by atoms with Crippen molar-refractivity contribution in [2.45, 2.75) is 26.1 Å². The maximum Gasteiger partial charge on any atom is 0.416 e. The van der Waals surface area contributed by atoms with Crippen molar-refractivity contribution in [3.63, 3.8) is 0 Å². The van der Waals surface area contributed by atoms with E-state index in [2.05, 4.69) is 4.98 Å². The van der Waals surface area contributed by atoms with Gasteiger partial charge in [-0.3, -0.25) is 4.98 Å². The van der Waals surface area contributed by atoms with Gasteiger partial charge in [0.25, 0.3) is 0 Å². The summed E-state index contributed by atoms with van der Waals surface area (Å²) in [4.78, 5) is 4.06. The zero-order valence-corrected chi connectivity index (χ0v) is 11.2. The predicted octanol–water partition coefficient (Wildman–Crippen LogP) is 3.77. The van der Waals surface area contributed by atoms with Crippen LogP contribution in [0.2, 0.25) is 0 Å². The number of aromatic nitrogens is 1. The van der Waals surface area contributed by atoms with Gasteiger partial charge in [0.05, 0.1) is 11.6 Å². The van der Waals surface area contributed by atoms with E-state index in [4.69, 9.17) is 5.73 Å². The minimum absolute atomic E-state index is 0.482. The second kappa shape index (κ2) is 5.25. The van der Waals surface area contributed by atoms with Crippen LogP contribution >= 0.6 is 0 Å². The molecule has 1 aromatic carbocycles. The monoisotopic (exact) mass is 280 g/mol. The van der Waals surface area contributed by atoms with Crippen molar-refractivity contribution < 1.29 is 13.2 Å². The van der Waals surface area contributed by atoms with Gasteiger partial charge in [0.1, 0.15) is 0 Å². The van der Waals surface area contributed by atoms with Gasteiger partial charge in [-0.2, -0.15) is 13.2 Å². The molecule has 0 saturated heterocycles. The molecule has 0 bridgehead atoms. The van der Waals surface area contributed by atoms with Gasteiger partial charge < -0.3 is 5.73 Å². The summed E-state index contributed by atoms with van der Waals surface area (Å²) in [6.07, 6.45) is -0.997. The molecular weight excluding hydrogens is 265 g/mol. The summed E-state index contributed by atoms with van der Waals surface area (Å²) in [7, 11) is 0. The van der Waals surface area contributed by atoms with Gasteiger partial charge in [0.2, 0.25) is 0 Å². The SMILES string of the molecule is Cc1cncc(C(N)c2ccc(C(F)(F)F)cc2C)c1. The van der Waals surface area contributed by atoms with Crippen LogP contribution in [0.25, 0.3) is 0 Å². The Hall–Kier alpha value is -1.88. The highest BCUT2D eigenvalue weighted by Gasteiger charge is 2.31. The third-order valence-corrected chi connectivity index (χ3v) is 3.19. The first-order valence-electron chi connectivity index (χ1n) is 6.14. The highest BCUT2D eigenvalue weighted by molar-refractivity contribution is 5.39. The van der Waals surface area contributed by atoms with E-state index in [-0.39, 0.29) is 0 Å². The van der Waals surface area contributed by atoms with E-state index in [9.17, 15) is 13.2 Å². The first kappa shape index (κ1) is 14.5. The summed E-state index contributed by atoms with van der Waals surface area (Å²) in [5, 5.41) is 0. The molecule has 2 rings (SSSR count). The van der Waals surface area contributed by atoms with E-state index in [1.165, 1.54) is 6.07 Å². The number of rotatable bonds is 2.